The highest BCUT2D eigenvalue weighted by atomic mass is 16.3. The molecule has 1 aromatic heterocycles. The van der Waals surface area contributed by atoms with Gasteiger partial charge in [-0.1, -0.05) is 12.8 Å². The zero-order chi connectivity index (χ0) is 10.7. The molecule has 0 saturated heterocycles. The fourth-order valence-electron chi connectivity index (χ4n) is 2.19. The number of hydrogen-bond donors (Lipinski definition) is 1. The van der Waals surface area contributed by atoms with Crippen LogP contribution in [0.5, 0.6) is 0 Å². The van der Waals surface area contributed by atoms with Crippen LogP contribution in [0.1, 0.15) is 50.1 Å². The zero-order valence-electron chi connectivity index (χ0n) is 9.62. The van der Waals surface area contributed by atoms with Crippen molar-refractivity contribution in [2.75, 3.05) is 7.05 Å². The van der Waals surface area contributed by atoms with Crippen LogP contribution in [-0.2, 0) is 6.42 Å². The Balaban J connectivity index is 1.97. The molecule has 0 spiro atoms. The summed E-state index contributed by atoms with van der Waals surface area (Å²) in [5.74, 6) is 1.55. The Morgan fingerprint density at radius 2 is 2.27 bits per heavy atom. The Morgan fingerprint density at radius 1 is 1.53 bits per heavy atom. The molecule has 3 heteroatoms. The first-order valence-corrected chi connectivity index (χ1v) is 5.91. The smallest absolute Gasteiger partial charge is 0.197 e. The van der Waals surface area contributed by atoms with E-state index in [1.54, 1.807) is 0 Å². The maximum atomic E-state index is 5.56. The first-order valence-electron chi connectivity index (χ1n) is 5.91. The van der Waals surface area contributed by atoms with Gasteiger partial charge in [-0.05, 0) is 26.8 Å². The molecule has 0 bridgehead atoms. The Kier molecular flexibility index (Phi) is 3.41. The van der Waals surface area contributed by atoms with Gasteiger partial charge in [0, 0.05) is 18.4 Å². The van der Waals surface area contributed by atoms with Gasteiger partial charge in [-0.3, -0.25) is 0 Å². The van der Waals surface area contributed by atoms with E-state index in [9.17, 15) is 0 Å². The molecular weight excluding hydrogens is 188 g/mol. The second-order valence-corrected chi connectivity index (χ2v) is 4.55. The summed E-state index contributed by atoms with van der Waals surface area (Å²) in [5.41, 5.74) is 1.08. The molecule has 1 aromatic rings. The molecule has 0 radical (unpaired) electrons. The third kappa shape index (κ3) is 2.59. The number of oxazole rings is 1. The van der Waals surface area contributed by atoms with Gasteiger partial charge in [0.05, 0.1) is 5.69 Å². The van der Waals surface area contributed by atoms with Crippen molar-refractivity contribution in [1.29, 1.82) is 0 Å². The van der Waals surface area contributed by atoms with Crippen LogP contribution in [0.4, 0.5) is 0 Å². The molecule has 3 nitrogen and oxygen atoms in total. The van der Waals surface area contributed by atoms with E-state index in [2.05, 4.69) is 17.2 Å². The van der Waals surface area contributed by atoms with Gasteiger partial charge in [-0.15, -0.1) is 0 Å². The van der Waals surface area contributed by atoms with Gasteiger partial charge in [0.25, 0.3) is 0 Å². The van der Waals surface area contributed by atoms with E-state index in [1.165, 1.54) is 25.7 Å². The van der Waals surface area contributed by atoms with Gasteiger partial charge in [0.2, 0.25) is 0 Å². The van der Waals surface area contributed by atoms with Crippen molar-refractivity contribution >= 4 is 0 Å². The number of nitrogens with zero attached hydrogens (tertiary/aromatic N) is 1. The summed E-state index contributed by atoms with van der Waals surface area (Å²) in [4.78, 5) is 4.57. The van der Waals surface area contributed by atoms with Crippen LogP contribution in [0.2, 0.25) is 0 Å². The van der Waals surface area contributed by atoms with Crippen LogP contribution in [0.25, 0.3) is 0 Å². The summed E-state index contributed by atoms with van der Waals surface area (Å²) in [6.45, 7) is 2.16. The minimum Gasteiger partial charge on any atom is -0.448 e. The predicted octanol–water partition coefficient (Wildman–Crippen LogP) is 2.48. The molecule has 1 aliphatic carbocycles. The molecule has 84 valence electrons. The van der Waals surface area contributed by atoms with Crippen molar-refractivity contribution in [2.45, 2.75) is 51.0 Å². The molecule has 0 aromatic carbocycles. The maximum absolute atomic E-state index is 5.56. The van der Waals surface area contributed by atoms with Crippen molar-refractivity contribution < 1.29 is 4.42 Å². The molecule has 1 heterocycles. The van der Waals surface area contributed by atoms with Crippen molar-refractivity contribution in [1.82, 2.24) is 10.3 Å². The first-order chi connectivity index (χ1) is 7.29. The van der Waals surface area contributed by atoms with Gasteiger partial charge in [0.15, 0.2) is 5.89 Å². The maximum Gasteiger partial charge on any atom is 0.197 e. The lowest BCUT2D eigenvalue weighted by Gasteiger charge is -2.06. The lowest BCUT2D eigenvalue weighted by molar-refractivity contribution is 0.448. The molecule has 2 rings (SSSR count). The van der Waals surface area contributed by atoms with Crippen LogP contribution in [0.3, 0.4) is 0 Å². The minimum absolute atomic E-state index is 0.464. The van der Waals surface area contributed by atoms with Gasteiger partial charge in [0.1, 0.15) is 6.26 Å². The third-order valence-electron chi connectivity index (χ3n) is 3.28. The second kappa shape index (κ2) is 4.79. The molecular formula is C12H20N2O. The second-order valence-electron chi connectivity index (χ2n) is 4.55. The number of aromatic nitrogens is 1. The molecule has 1 aliphatic rings. The first kappa shape index (κ1) is 10.7. The number of nitrogens with one attached hydrogen (secondary N) is 1. The number of hydrogen-bond acceptors (Lipinski definition) is 3. The summed E-state index contributed by atoms with van der Waals surface area (Å²) in [6, 6.07) is 0.464. The van der Waals surface area contributed by atoms with E-state index >= 15 is 0 Å². The Labute approximate surface area is 91.3 Å². The molecule has 1 N–H and O–H groups in total. The number of rotatable bonds is 4. The summed E-state index contributed by atoms with van der Waals surface area (Å²) in [6.07, 6.45) is 7.93. The van der Waals surface area contributed by atoms with E-state index in [4.69, 9.17) is 4.42 Å². The topological polar surface area (TPSA) is 38.1 Å². The predicted molar refractivity (Wildman–Crippen MR) is 59.9 cm³/mol. The quantitative estimate of drug-likeness (QED) is 0.826. The average Bonchev–Trinajstić information content (AvgIpc) is 2.85. The fourth-order valence-corrected chi connectivity index (χ4v) is 2.19. The molecule has 1 fully saturated rings. The standard InChI is InChI=1S/C12H20N2O/c1-9(13-2)7-11-8-15-12(14-11)10-5-3-4-6-10/h8-10,13H,3-7H2,1-2H3. The van der Waals surface area contributed by atoms with Crippen LogP contribution >= 0.6 is 0 Å². The largest absolute Gasteiger partial charge is 0.448 e. The lowest BCUT2D eigenvalue weighted by atomic mass is 10.1. The lowest BCUT2D eigenvalue weighted by Crippen LogP contribution is -2.23. The highest BCUT2D eigenvalue weighted by molar-refractivity contribution is 5.03. The van der Waals surface area contributed by atoms with E-state index in [0.29, 0.717) is 12.0 Å². The van der Waals surface area contributed by atoms with E-state index in [0.717, 1.165) is 18.0 Å². The van der Waals surface area contributed by atoms with Crippen molar-refractivity contribution in [3.63, 3.8) is 0 Å². The molecule has 15 heavy (non-hydrogen) atoms. The van der Waals surface area contributed by atoms with Crippen LogP contribution < -0.4 is 5.32 Å². The number of likely N-dealkylation sites (N-methyl/N-ethyl adjacent to an activating group) is 1. The summed E-state index contributed by atoms with van der Waals surface area (Å²) in [7, 11) is 1.97. The molecule has 1 saturated carbocycles. The summed E-state index contributed by atoms with van der Waals surface area (Å²) >= 11 is 0. The molecule has 0 aliphatic heterocycles. The summed E-state index contributed by atoms with van der Waals surface area (Å²) < 4.78 is 5.56. The van der Waals surface area contributed by atoms with Crippen LogP contribution in [-0.4, -0.2) is 18.1 Å². The van der Waals surface area contributed by atoms with Crippen molar-refractivity contribution in [2.24, 2.45) is 0 Å². The van der Waals surface area contributed by atoms with Crippen LogP contribution in [0, 0.1) is 0 Å². The van der Waals surface area contributed by atoms with Crippen molar-refractivity contribution in [3.05, 3.63) is 17.8 Å². The average molecular weight is 208 g/mol. The monoisotopic (exact) mass is 208 g/mol. The Bertz CT molecular complexity index is 302. The van der Waals surface area contributed by atoms with Gasteiger partial charge in [-0.25, -0.2) is 4.98 Å². The highest BCUT2D eigenvalue weighted by Crippen LogP contribution is 2.33. The minimum atomic E-state index is 0.464. The van der Waals surface area contributed by atoms with Crippen LogP contribution in [0.15, 0.2) is 10.7 Å². The third-order valence-corrected chi connectivity index (χ3v) is 3.28. The molecule has 1 atom stereocenters. The SMILES string of the molecule is CNC(C)Cc1coc(C2CCCC2)n1. The van der Waals surface area contributed by atoms with E-state index in [1.807, 2.05) is 13.3 Å². The van der Waals surface area contributed by atoms with Gasteiger partial charge < -0.3 is 9.73 Å². The van der Waals surface area contributed by atoms with E-state index in [-0.39, 0.29) is 0 Å². The Morgan fingerprint density at radius 3 is 2.93 bits per heavy atom. The van der Waals surface area contributed by atoms with Crippen molar-refractivity contribution in [3.8, 4) is 0 Å². The van der Waals surface area contributed by atoms with E-state index < -0.39 is 0 Å². The molecule has 1 unspecified atom stereocenters. The summed E-state index contributed by atoms with van der Waals surface area (Å²) in [5, 5.41) is 3.21. The Hall–Kier alpha value is -0.830. The normalized spacial score (nSPS) is 19.6. The van der Waals surface area contributed by atoms with Gasteiger partial charge in [-0.2, -0.15) is 0 Å². The zero-order valence-corrected chi connectivity index (χ0v) is 9.62. The molecule has 0 amide bonds. The highest BCUT2D eigenvalue weighted by Gasteiger charge is 2.21. The van der Waals surface area contributed by atoms with Gasteiger partial charge >= 0.3 is 0 Å². The fraction of sp³-hybridized carbons (Fsp3) is 0.750.